The average molecular weight is 238 g/mol. The summed E-state index contributed by atoms with van der Waals surface area (Å²) < 4.78 is 0. The van der Waals surface area contributed by atoms with E-state index in [4.69, 9.17) is 0 Å². The molecule has 0 spiro atoms. The molecular formula is C15H14N2O. The van der Waals surface area contributed by atoms with Crippen LogP contribution in [0.4, 0.5) is 0 Å². The average Bonchev–Trinajstić information content (AvgIpc) is 2.83. The van der Waals surface area contributed by atoms with Gasteiger partial charge < -0.3 is 0 Å². The van der Waals surface area contributed by atoms with E-state index in [2.05, 4.69) is 10.9 Å². The Labute approximate surface area is 106 Å². The van der Waals surface area contributed by atoms with Gasteiger partial charge >= 0.3 is 0 Å². The maximum Gasteiger partial charge on any atom is 0.243 e. The molecule has 0 unspecified atom stereocenters. The van der Waals surface area contributed by atoms with E-state index in [0.29, 0.717) is 0 Å². The third-order valence-electron chi connectivity index (χ3n) is 3.28. The number of carbonyl (C=O) groups excluding carboxylic acids is 1. The Balaban J connectivity index is 1.98. The van der Waals surface area contributed by atoms with E-state index < -0.39 is 0 Å². The fourth-order valence-electron chi connectivity index (χ4n) is 2.40. The van der Waals surface area contributed by atoms with Crippen LogP contribution in [0.25, 0.3) is 0 Å². The van der Waals surface area contributed by atoms with Crippen molar-refractivity contribution in [3.63, 3.8) is 0 Å². The molecule has 1 aliphatic rings. The Bertz CT molecular complexity index is 539. The van der Waals surface area contributed by atoms with Gasteiger partial charge in [0.1, 0.15) is 0 Å². The molecule has 2 aromatic rings. The van der Waals surface area contributed by atoms with E-state index in [-0.39, 0.29) is 17.9 Å². The lowest BCUT2D eigenvalue weighted by Gasteiger charge is -2.17. The minimum Gasteiger partial charge on any atom is -0.290 e. The van der Waals surface area contributed by atoms with Crippen molar-refractivity contribution in [1.29, 1.82) is 0 Å². The van der Waals surface area contributed by atoms with Gasteiger partial charge in [-0.25, -0.2) is 5.43 Å². The monoisotopic (exact) mass is 238 g/mol. The molecule has 0 aliphatic carbocycles. The summed E-state index contributed by atoms with van der Waals surface area (Å²) in [5, 5.41) is 0. The van der Waals surface area contributed by atoms with Crippen LogP contribution in [0.15, 0.2) is 60.7 Å². The van der Waals surface area contributed by atoms with Crippen LogP contribution >= 0.6 is 0 Å². The quantitative estimate of drug-likeness (QED) is 0.841. The highest BCUT2D eigenvalue weighted by molar-refractivity contribution is 5.86. The molecule has 3 nitrogen and oxygen atoms in total. The van der Waals surface area contributed by atoms with Gasteiger partial charge in [-0.2, -0.15) is 0 Å². The highest BCUT2D eigenvalue weighted by Gasteiger charge is 2.36. The maximum atomic E-state index is 12.0. The topological polar surface area (TPSA) is 41.1 Å². The van der Waals surface area contributed by atoms with Crippen molar-refractivity contribution in [2.24, 2.45) is 0 Å². The molecule has 1 aliphatic heterocycles. The normalized spacial score (nSPS) is 22.8. The molecule has 0 bridgehead atoms. The van der Waals surface area contributed by atoms with Gasteiger partial charge in [0.05, 0.1) is 12.0 Å². The molecule has 0 aromatic heterocycles. The number of amides is 1. The lowest BCUT2D eigenvalue weighted by Crippen LogP contribution is -2.27. The first-order chi connectivity index (χ1) is 8.86. The zero-order valence-electron chi connectivity index (χ0n) is 9.84. The summed E-state index contributed by atoms with van der Waals surface area (Å²) in [6.45, 7) is 0. The summed E-state index contributed by atoms with van der Waals surface area (Å²) in [5.41, 5.74) is 7.95. The molecule has 2 atom stereocenters. The highest BCUT2D eigenvalue weighted by Crippen LogP contribution is 2.33. The first-order valence-electron chi connectivity index (χ1n) is 6.01. The van der Waals surface area contributed by atoms with Crippen LogP contribution in [-0.2, 0) is 4.79 Å². The number of hydrogen-bond acceptors (Lipinski definition) is 2. The molecular weight excluding hydrogens is 224 g/mol. The van der Waals surface area contributed by atoms with Crippen molar-refractivity contribution in [1.82, 2.24) is 10.9 Å². The fraction of sp³-hybridized carbons (Fsp3) is 0.133. The van der Waals surface area contributed by atoms with Gasteiger partial charge in [0.2, 0.25) is 5.91 Å². The van der Waals surface area contributed by atoms with Gasteiger partial charge in [-0.1, -0.05) is 60.7 Å². The lowest BCUT2D eigenvalue weighted by atomic mass is 9.88. The Kier molecular flexibility index (Phi) is 2.82. The van der Waals surface area contributed by atoms with Crippen molar-refractivity contribution in [2.45, 2.75) is 12.0 Å². The number of carbonyl (C=O) groups is 1. The minimum absolute atomic E-state index is 0.0129. The van der Waals surface area contributed by atoms with E-state index in [0.717, 1.165) is 11.1 Å². The number of hydrazine groups is 1. The second-order valence-electron chi connectivity index (χ2n) is 4.41. The van der Waals surface area contributed by atoms with Crippen LogP contribution in [0.5, 0.6) is 0 Å². The molecule has 90 valence electrons. The zero-order valence-corrected chi connectivity index (χ0v) is 9.84. The van der Waals surface area contributed by atoms with Crippen LogP contribution in [0.3, 0.4) is 0 Å². The van der Waals surface area contributed by atoms with Crippen LogP contribution in [-0.4, -0.2) is 5.91 Å². The van der Waals surface area contributed by atoms with E-state index in [9.17, 15) is 4.79 Å². The Hall–Kier alpha value is -2.13. The van der Waals surface area contributed by atoms with Gasteiger partial charge in [-0.3, -0.25) is 10.2 Å². The van der Waals surface area contributed by atoms with Crippen molar-refractivity contribution in [3.8, 4) is 0 Å². The summed E-state index contributed by atoms with van der Waals surface area (Å²) in [7, 11) is 0. The second-order valence-corrected chi connectivity index (χ2v) is 4.41. The third kappa shape index (κ3) is 1.89. The van der Waals surface area contributed by atoms with Gasteiger partial charge in [0, 0.05) is 0 Å². The SMILES string of the molecule is O=C1NN[C@@H](c2ccccc2)[C@@H]1c1ccccc1. The molecule has 1 amide bonds. The van der Waals surface area contributed by atoms with Crippen LogP contribution in [0.1, 0.15) is 23.1 Å². The first-order valence-corrected chi connectivity index (χ1v) is 6.01. The second kappa shape index (κ2) is 4.63. The van der Waals surface area contributed by atoms with Gasteiger partial charge in [0.25, 0.3) is 0 Å². The molecule has 1 fully saturated rings. The smallest absolute Gasteiger partial charge is 0.243 e. The standard InChI is InChI=1S/C15H14N2O/c18-15-13(11-7-3-1-4-8-11)14(16-17-15)12-9-5-2-6-10-12/h1-10,13-14,16H,(H,17,18)/t13-,14-/m0/s1. The Morgan fingerprint density at radius 3 is 1.94 bits per heavy atom. The van der Waals surface area contributed by atoms with Crippen LogP contribution in [0.2, 0.25) is 0 Å². The van der Waals surface area contributed by atoms with Gasteiger partial charge in [-0.05, 0) is 11.1 Å². The van der Waals surface area contributed by atoms with E-state index in [1.165, 1.54) is 0 Å². The van der Waals surface area contributed by atoms with E-state index in [1.807, 2.05) is 60.7 Å². The summed E-state index contributed by atoms with van der Waals surface area (Å²) in [5.74, 6) is -0.149. The molecule has 3 heteroatoms. The molecule has 0 radical (unpaired) electrons. The number of hydrogen-bond donors (Lipinski definition) is 2. The molecule has 18 heavy (non-hydrogen) atoms. The van der Waals surface area contributed by atoms with Gasteiger partial charge in [0.15, 0.2) is 0 Å². The molecule has 0 saturated carbocycles. The van der Waals surface area contributed by atoms with E-state index in [1.54, 1.807) is 0 Å². The van der Waals surface area contributed by atoms with E-state index >= 15 is 0 Å². The van der Waals surface area contributed by atoms with Gasteiger partial charge in [-0.15, -0.1) is 0 Å². The summed E-state index contributed by atoms with van der Waals surface area (Å²) in [6.07, 6.45) is 0. The van der Waals surface area contributed by atoms with Crippen molar-refractivity contribution in [3.05, 3.63) is 71.8 Å². The van der Waals surface area contributed by atoms with Crippen molar-refractivity contribution < 1.29 is 4.79 Å². The largest absolute Gasteiger partial charge is 0.290 e. The molecule has 2 aromatic carbocycles. The summed E-state index contributed by atoms with van der Waals surface area (Å²) in [4.78, 5) is 12.0. The van der Waals surface area contributed by atoms with Crippen LogP contribution < -0.4 is 10.9 Å². The molecule has 3 rings (SSSR count). The maximum absolute atomic E-state index is 12.0. The number of nitrogens with one attached hydrogen (secondary N) is 2. The highest BCUT2D eigenvalue weighted by atomic mass is 16.2. The predicted octanol–water partition coefficient (Wildman–Crippen LogP) is 2.15. The zero-order chi connectivity index (χ0) is 12.4. The summed E-state index contributed by atoms with van der Waals surface area (Å²) >= 11 is 0. The predicted molar refractivity (Wildman–Crippen MR) is 69.6 cm³/mol. The van der Waals surface area contributed by atoms with Crippen molar-refractivity contribution >= 4 is 5.91 Å². The molecule has 1 saturated heterocycles. The number of benzene rings is 2. The van der Waals surface area contributed by atoms with Crippen LogP contribution in [0, 0.1) is 0 Å². The molecule has 1 heterocycles. The number of rotatable bonds is 2. The lowest BCUT2D eigenvalue weighted by molar-refractivity contribution is -0.120. The molecule has 2 N–H and O–H groups in total. The fourth-order valence-corrected chi connectivity index (χ4v) is 2.40. The minimum atomic E-state index is -0.173. The van der Waals surface area contributed by atoms with Crippen molar-refractivity contribution in [2.75, 3.05) is 0 Å². The Morgan fingerprint density at radius 2 is 1.33 bits per heavy atom. The Morgan fingerprint density at radius 1 is 0.778 bits per heavy atom. The first kappa shape index (κ1) is 11.0. The summed E-state index contributed by atoms with van der Waals surface area (Å²) in [6, 6.07) is 19.9. The third-order valence-corrected chi connectivity index (χ3v) is 3.28.